The molecule has 7 heteroatoms. The van der Waals surface area contributed by atoms with Crippen LogP contribution < -0.4 is 14.7 Å². The minimum Gasteiger partial charge on any atom is -0.353 e. The number of aromatic nitrogens is 3. The summed E-state index contributed by atoms with van der Waals surface area (Å²) in [7, 11) is 0. The summed E-state index contributed by atoms with van der Waals surface area (Å²) in [6, 6.07) is 17.3. The number of pyridine rings is 1. The van der Waals surface area contributed by atoms with E-state index in [1.54, 1.807) is 17.2 Å². The van der Waals surface area contributed by atoms with Crippen LogP contribution >= 0.6 is 0 Å². The van der Waals surface area contributed by atoms with Gasteiger partial charge in [-0.25, -0.2) is 15.0 Å². The van der Waals surface area contributed by atoms with Gasteiger partial charge in [-0.2, -0.15) is 0 Å². The van der Waals surface area contributed by atoms with Crippen molar-refractivity contribution in [1.82, 2.24) is 15.0 Å². The molecule has 0 atom stereocenters. The molecule has 1 amide bonds. The Hall–Kier alpha value is -3.48. The van der Waals surface area contributed by atoms with E-state index in [1.807, 2.05) is 61.7 Å². The largest absolute Gasteiger partial charge is 0.353 e. The van der Waals surface area contributed by atoms with Crippen LogP contribution in [-0.2, 0) is 0 Å². The lowest BCUT2D eigenvalue weighted by molar-refractivity contribution is 0.0983. The van der Waals surface area contributed by atoms with Gasteiger partial charge in [-0.15, -0.1) is 0 Å². The van der Waals surface area contributed by atoms with Crippen LogP contribution in [-0.4, -0.2) is 53.6 Å². The molecule has 0 bridgehead atoms. The van der Waals surface area contributed by atoms with Gasteiger partial charge in [-0.1, -0.05) is 24.3 Å². The summed E-state index contributed by atoms with van der Waals surface area (Å²) in [5.41, 5.74) is 1.27. The zero-order chi connectivity index (χ0) is 20.1. The topological polar surface area (TPSA) is 65.5 Å². The highest BCUT2D eigenvalue weighted by atomic mass is 16.2. The van der Waals surface area contributed by atoms with Gasteiger partial charge in [-0.3, -0.25) is 4.79 Å². The van der Waals surface area contributed by atoms with Crippen LogP contribution in [0.1, 0.15) is 17.4 Å². The number of anilines is 3. The second-order valence-electron chi connectivity index (χ2n) is 6.79. The van der Waals surface area contributed by atoms with Gasteiger partial charge in [0.2, 0.25) is 5.95 Å². The number of benzene rings is 1. The number of rotatable bonds is 5. The predicted octanol–water partition coefficient (Wildman–Crippen LogP) is 2.86. The Balaban J connectivity index is 1.47. The second-order valence-corrected chi connectivity index (χ2v) is 6.79. The van der Waals surface area contributed by atoms with E-state index in [2.05, 4.69) is 24.8 Å². The maximum Gasteiger partial charge on any atom is 0.277 e. The molecule has 2 aromatic heterocycles. The smallest absolute Gasteiger partial charge is 0.277 e. The molecule has 0 saturated carbocycles. The Kier molecular flexibility index (Phi) is 5.65. The molecule has 3 aromatic rings. The number of carbonyl (C=O) groups is 1. The summed E-state index contributed by atoms with van der Waals surface area (Å²) >= 11 is 0. The lowest BCUT2D eigenvalue weighted by atomic mass is 10.2. The van der Waals surface area contributed by atoms with E-state index < -0.39 is 0 Å². The normalized spacial score (nSPS) is 14.0. The first kappa shape index (κ1) is 18.9. The maximum atomic E-state index is 13.0. The molecule has 0 aliphatic carbocycles. The Bertz CT molecular complexity index is 942. The SMILES string of the molecule is CCN(C(=O)c1ccnc(N2CCN(c3ccccn3)CC2)n1)c1ccccc1. The van der Waals surface area contributed by atoms with Crippen molar-refractivity contribution >= 4 is 23.4 Å². The molecular formula is C22H24N6O. The maximum absolute atomic E-state index is 13.0. The van der Waals surface area contributed by atoms with Gasteiger partial charge in [0.25, 0.3) is 5.91 Å². The van der Waals surface area contributed by atoms with E-state index in [9.17, 15) is 4.79 Å². The number of nitrogens with zero attached hydrogens (tertiary/aromatic N) is 6. The molecule has 1 saturated heterocycles. The van der Waals surface area contributed by atoms with Gasteiger partial charge in [0.05, 0.1) is 0 Å². The highest BCUT2D eigenvalue weighted by molar-refractivity contribution is 6.04. The minimum atomic E-state index is -0.116. The van der Waals surface area contributed by atoms with Gasteiger partial charge in [0.15, 0.2) is 0 Å². The highest BCUT2D eigenvalue weighted by Gasteiger charge is 2.22. The number of hydrogen-bond acceptors (Lipinski definition) is 6. The summed E-state index contributed by atoms with van der Waals surface area (Å²) in [5, 5.41) is 0. The summed E-state index contributed by atoms with van der Waals surface area (Å²) in [5.74, 6) is 1.47. The van der Waals surface area contributed by atoms with Crippen molar-refractivity contribution in [3.8, 4) is 0 Å². The van der Waals surface area contributed by atoms with Crippen LogP contribution in [0.3, 0.4) is 0 Å². The molecule has 0 unspecified atom stereocenters. The van der Waals surface area contributed by atoms with E-state index in [4.69, 9.17) is 0 Å². The van der Waals surface area contributed by atoms with Crippen LogP contribution in [0.2, 0.25) is 0 Å². The predicted molar refractivity (Wildman–Crippen MR) is 114 cm³/mol. The van der Waals surface area contributed by atoms with Crippen molar-refractivity contribution in [3.63, 3.8) is 0 Å². The fourth-order valence-electron chi connectivity index (χ4n) is 3.49. The van der Waals surface area contributed by atoms with Gasteiger partial charge in [-0.05, 0) is 37.3 Å². The lowest BCUT2D eigenvalue weighted by Gasteiger charge is -2.35. The zero-order valence-electron chi connectivity index (χ0n) is 16.5. The molecule has 1 fully saturated rings. The molecule has 29 heavy (non-hydrogen) atoms. The molecule has 0 radical (unpaired) electrons. The summed E-state index contributed by atoms with van der Waals surface area (Å²) in [4.78, 5) is 32.6. The fourth-order valence-corrected chi connectivity index (χ4v) is 3.49. The van der Waals surface area contributed by atoms with Crippen molar-refractivity contribution in [2.75, 3.05) is 47.4 Å². The summed E-state index contributed by atoms with van der Waals surface area (Å²) in [6.07, 6.45) is 3.48. The van der Waals surface area contributed by atoms with E-state index in [1.165, 1.54) is 0 Å². The van der Waals surface area contributed by atoms with E-state index in [0.29, 0.717) is 18.2 Å². The Labute approximate surface area is 170 Å². The Morgan fingerprint density at radius 3 is 2.31 bits per heavy atom. The standard InChI is InChI=1S/C22H24N6O/c1-2-28(18-8-4-3-5-9-18)21(29)19-11-13-24-22(25-19)27-16-14-26(15-17-27)20-10-6-7-12-23-20/h3-13H,2,14-17H2,1H3. The molecule has 1 aromatic carbocycles. The van der Waals surface area contributed by atoms with Gasteiger partial charge >= 0.3 is 0 Å². The lowest BCUT2D eigenvalue weighted by Crippen LogP contribution is -2.47. The number of para-hydroxylation sites is 1. The Morgan fingerprint density at radius 2 is 1.62 bits per heavy atom. The monoisotopic (exact) mass is 388 g/mol. The molecule has 4 rings (SSSR count). The van der Waals surface area contributed by atoms with E-state index >= 15 is 0 Å². The van der Waals surface area contributed by atoms with Crippen LogP contribution in [0.4, 0.5) is 17.5 Å². The minimum absolute atomic E-state index is 0.116. The van der Waals surface area contributed by atoms with E-state index in [-0.39, 0.29) is 5.91 Å². The van der Waals surface area contributed by atoms with Crippen LogP contribution in [0.25, 0.3) is 0 Å². The van der Waals surface area contributed by atoms with Crippen molar-refractivity contribution in [3.05, 3.63) is 72.7 Å². The summed E-state index contributed by atoms with van der Waals surface area (Å²) < 4.78 is 0. The molecule has 3 heterocycles. The first-order valence-electron chi connectivity index (χ1n) is 9.87. The quantitative estimate of drug-likeness (QED) is 0.670. The number of hydrogen-bond donors (Lipinski definition) is 0. The second kappa shape index (κ2) is 8.68. The zero-order valence-corrected chi connectivity index (χ0v) is 16.5. The fraction of sp³-hybridized carbons (Fsp3) is 0.273. The van der Waals surface area contributed by atoms with Crippen molar-refractivity contribution in [1.29, 1.82) is 0 Å². The number of amides is 1. The first-order chi connectivity index (χ1) is 14.3. The molecule has 7 nitrogen and oxygen atoms in total. The first-order valence-corrected chi connectivity index (χ1v) is 9.87. The van der Waals surface area contributed by atoms with Crippen LogP contribution in [0.5, 0.6) is 0 Å². The molecule has 1 aliphatic rings. The number of piperazine rings is 1. The average molecular weight is 388 g/mol. The van der Waals surface area contributed by atoms with Gasteiger partial charge < -0.3 is 14.7 Å². The van der Waals surface area contributed by atoms with Crippen molar-refractivity contribution < 1.29 is 4.79 Å². The molecule has 148 valence electrons. The van der Waals surface area contributed by atoms with Crippen molar-refractivity contribution in [2.24, 2.45) is 0 Å². The summed E-state index contributed by atoms with van der Waals surface area (Å²) in [6.45, 7) is 5.77. The average Bonchev–Trinajstić information content (AvgIpc) is 2.81. The third-order valence-electron chi connectivity index (χ3n) is 5.03. The van der Waals surface area contributed by atoms with E-state index in [0.717, 1.165) is 37.7 Å². The highest BCUT2D eigenvalue weighted by Crippen LogP contribution is 2.19. The van der Waals surface area contributed by atoms with Crippen LogP contribution in [0.15, 0.2) is 67.0 Å². The third-order valence-corrected chi connectivity index (χ3v) is 5.03. The van der Waals surface area contributed by atoms with Crippen molar-refractivity contribution in [2.45, 2.75) is 6.92 Å². The molecule has 0 spiro atoms. The van der Waals surface area contributed by atoms with Gasteiger partial charge in [0.1, 0.15) is 11.5 Å². The van der Waals surface area contributed by atoms with Gasteiger partial charge in [0, 0.05) is 50.8 Å². The number of carbonyl (C=O) groups excluding carboxylic acids is 1. The molecule has 1 aliphatic heterocycles. The van der Waals surface area contributed by atoms with Crippen LogP contribution in [0, 0.1) is 0 Å². The molecule has 0 N–H and O–H groups in total. The molecular weight excluding hydrogens is 364 g/mol. The third kappa shape index (κ3) is 4.18. The Morgan fingerprint density at radius 1 is 0.897 bits per heavy atom.